The van der Waals surface area contributed by atoms with Crippen LogP contribution >= 0.6 is 0 Å². The Morgan fingerprint density at radius 2 is 2.21 bits per heavy atom. The summed E-state index contributed by atoms with van der Waals surface area (Å²) in [6.07, 6.45) is 3.40. The second-order valence-corrected chi connectivity index (χ2v) is 2.78. The molecule has 0 saturated carbocycles. The summed E-state index contributed by atoms with van der Waals surface area (Å²) in [4.78, 5) is 0. The molecule has 0 aliphatic carbocycles. The van der Waals surface area contributed by atoms with Crippen molar-refractivity contribution < 1.29 is 0 Å². The standard InChI is InChI=1S/C10H10N4/c1-2-11-13-10-9-6-4-3-5-8(9)7-12-14-10/h2-7H,1H3,(H,13,14). The number of nitrogens with zero attached hydrogens (tertiary/aromatic N) is 3. The van der Waals surface area contributed by atoms with Gasteiger partial charge < -0.3 is 0 Å². The van der Waals surface area contributed by atoms with Crippen molar-refractivity contribution in [3.63, 3.8) is 0 Å². The third kappa shape index (κ3) is 1.54. The first-order valence-electron chi connectivity index (χ1n) is 4.36. The first-order chi connectivity index (χ1) is 6.92. The molecule has 2 rings (SSSR count). The number of rotatable bonds is 2. The van der Waals surface area contributed by atoms with Gasteiger partial charge in [0.2, 0.25) is 0 Å². The monoisotopic (exact) mass is 186 g/mol. The van der Waals surface area contributed by atoms with Crippen molar-refractivity contribution in [3.05, 3.63) is 30.5 Å². The molecule has 0 bridgehead atoms. The van der Waals surface area contributed by atoms with Crippen LogP contribution in [0.2, 0.25) is 0 Å². The molecule has 4 nitrogen and oxygen atoms in total. The van der Waals surface area contributed by atoms with Crippen molar-refractivity contribution in [2.75, 3.05) is 5.43 Å². The minimum atomic E-state index is 0.682. The highest BCUT2D eigenvalue weighted by atomic mass is 15.3. The van der Waals surface area contributed by atoms with Crippen LogP contribution in [-0.4, -0.2) is 16.4 Å². The minimum Gasteiger partial charge on any atom is -0.260 e. The molecule has 1 N–H and O–H groups in total. The van der Waals surface area contributed by atoms with E-state index < -0.39 is 0 Å². The number of nitrogens with one attached hydrogen (secondary N) is 1. The molecule has 0 spiro atoms. The zero-order valence-corrected chi connectivity index (χ0v) is 7.81. The van der Waals surface area contributed by atoms with Gasteiger partial charge in [-0.25, -0.2) is 0 Å². The molecule has 2 aromatic rings. The number of hydrogen-bond acceptors (Lipinski definition) is 4. The predicted octanol–water partition coefficient (Wildman–Crippen LogP) is 2.05. The van der Waals surface area contributed by atoms with Gasteiger partial charge in [-0.2, -0.15) is 10.2 Å². The SMILES string of the molecule is CC=NNc1nncc2ccccc12. The maximum Gasteiger partial charge on any atom is 0.176 e. The molecule has 0 saturated heterocycles. The summed E-state index contributed by atoms with van der Waals surface area (Å²) in [7, 11) is 0. The molecular weight excluding hydrogens is 176 g/mol. The third-order valence-electron chi connectivity index (χ3n) is 1.87. The molecule has 1 aromatic heterocycles. The Kier molecular flexibility index (Phi) is 2.36. The Morgan fingerprint density at radius 1 is 1.36 bits per heavy atom. The summed E-state index contributed by atoms with van der Waals surface area (Å²) in [6.45, 7) is 1.84. The van der Waals surface area contributed by atoms with E-state index >= 15 is 0 Å². The average molecular weight is 186 g/mol. The lowest BCUT2D eigenvalue weighted by Gasteiger charge is -2.01. The molecule has 0 aliphatic heterocycles. The Bertz CT molecular complexity index is 459. The maximum atomic E-state index is 3.97. The van der Waals surface area contributed by atoms with E-state index in [0.29, 0.717) is 5.82 Å². The van der Waals surface area contributed by atoms with Gasteiger partial charge >= 0.3 is 0 Å². The maximum absolute atomic E-state index is 3.97. The summed E-state index contributed by atoms with van der Waals surface area (Å²) < 4.78 is 0. The summed E-state index contributed by atoms with van der Waals surface area (Å²) >= 11 is 0. The second kappa shape index (κ2) is 3.83. The van der Waals surface area contributed by atoms with E-state index in [0.717, 1.165) is 10.8 Å². The second-order valence-electron chi connectivity index (χ2n) is 2.78. The van der Waals surface area contributed by atoms with E-state index in [-0.39, 0.29) is 0 Å². The molecule has 0 unspecified atom stereocenters. The lowest BCUT2D eigenvalue weighted by atomic mass is 10.2. The summed E-state index contributed by atoms with van der Waals surface area (Å²) in [6, 6.07) is 7.91. The molecule has 0 atom stereocenters. The van der Waals surface area contributed by atoms with Crippen LogP contribution in [0.5, 0.6) is 0 Å². The number of hydrazone groups is 1. The average Bonchev–Trinajstić information content (AvgIpc) is 2.26. The zero-order chi connectivity index (χ0) is 9.80. The molecule has 0 amide bonds. The molecule has 1 aromatic carbocycles. The minimum absolute atomic E-state index is 0.682. The van der Waals surface area contributed by atoms with Crippen LogP contribution in [0.4, 0.5) is 5.82 Å². The van der Waals surface area contributed by atoms with E-state index in [1.54, 1.807) is 12.4 Å². The van der Waals surface area contributed by atoms with Gasteiger partial charge in [-0.3, -0.25) is 5.43 Å². The number of benzene rings is 1. The summed E-state index contributed by atoms with van der Waals surface area (Å²) in [5.74, 6) is 0.682. The Morgan fingerprint density at radius 3 is 3.07 bits per heavy atom. The highest BCUT2D eigenvalue weighted by Gasteiger charge is 1.99. The lowest BCUT2D eigenvalue weighted by Crippen LogP contribution is -1.94. The van der Waals surface area contributed by atoms with Crippen LogP contribution in [0.25, 0.3) is 10.8 Å². The van der Waals surface area contributed by atoms with Crippen LogP contribution in [0.3, 0.4) is 0 Å². The van der Waals surface area contributed by atoms with E-state index in [1.165, 1.54) is 0 Å². The van der Waals surface area contributed by atoms with Crippen LogP contribution in [0.15, 0.2) is 35.6 Å². The van der Waals surface area contributed by atoms with Gasteiger partial charge in [-0.1, -0.05) is 24.3 Å². The number of anilines is 1. The van der Waals surface area contributed by atoms with Gasteiger partial charge in [0.05, 0.1) is 6.20 Å². The number of fused-ring (bicyclic) bond motifs is 1. The molecule has 0 aliphatic rings. The van der Waals surface area contributed by atoms with Crippen LogP contribution in [0, 0.1) is 0 Å². The van der Waals surface area contributed by atoms with Crippen molar-refractivity contribution in [1.82, 2.24) is 10.2 Å². The third-order valence-corrected chi connectivity index (χ3v) is 1.87. The molecule has 0 radical (unpaired) electrons. The van der Waals surface area contributed by atoms with Crippen LogP contribution in [-0.2, 0) is 0 Å². The van der Waals surface area contributed by atoms with Crippen molar-refractivity contribution in [2.45, 2.75) is 6.92 Å². The Labute approximate surface area is 81.7 Å². The van der Waals surface area contributed by atoms with E-state index in [4.69, 9.17) is 0 Å². The van der Waals surface area contributed by atoms with Crippen molar-refractivity contribution in [3.8, 4) is 0 Å². The fourth-order valence-corrected chi connectivity index (χ4v) is 1.24. The van der Waals surface area contributed by atoms with Gasteiger partial charge in [0.15, 0.2) is 5.82 Å². The summed E-state index contributed by atoms with van der Waals surface area (Å²) in [5, 5.41) is 13.8. The van der Waals surface area contributed by atoms with Gasteiger partial charge in [-0.15, -0.1) is 5.10 Å². The van der Waals surface area contributed by atoms with Gasteiger partial charge in [0, 0.05) is 17.0 Å². The Hall–Kier alpha value is -1.97. The smallest absolute Gasteiger partial charge is 0.176 e. The van der Waals surface area contributed by atoms with Crippen molar-refractivity contribution >= 4 is 22.8 Å². The molecular formula is C10H10N4. The van der Waals surface area contributed by atoms with Gasteiger partial charge in [0.1, 0.15) is 0 Å². The van der Waals surface area contributed by atoms with Crippen molar-refractivity contribution in [1.29, 1.82) is 0 Å². The fourth-order valence-electron chi connectivity index (χ4n) is 1.24. The molecule has 4 heteroatoms. The number of aromatic nitrogens is 2. The summed E-state index contributed by atoms with van der Waals surface area (Å²) in [5.41, 5.74) is 2.83. The van der Waals surface area contributed by atoms with E-state index in [2.05, 4.69) is 20.7 Å². The first kappa shape index (κ1) is 8.62. The quantitative estimate of drug-likeness (QED) is 0.576. The molecule has 1 heterocycles. The predicted molar refractivity (Wildman–Crippen MR) is 57.3 cm³/mol. The van der Waals surface area contributed by atoms with Crippen molar-refractivity contribution in [2.24, 2.45) is 5.10 Å². The fraction of sp³-hybridized carbons (Fsp3) is 0.100. The topological polar surface area (TPSA) is 50.2 Å². The van der Waals surface area contributed by atoms with E-state index in [1.807, 2.05) is 31.2 Å². The van der Waals surface area contributed by atoms with Crippen LogP contribution < -0.4 is 5.43 Å². The van der Waals surface area contributed by atoms with E-state index in [9.17, 15) is 0 Å². The number of hydrogen-bond donors (Lipinski definition) is 1. The Balaban J connectivity index is 2.53. The highest BCUT2D eigenvalue weighted by Crippen LogP contribution is 2.18. The largest absolute Gasteiger partial charge is 0.260 e. The zero-order valence-electron chi connectivity index (χ0n) is 7.81. The highest BCUT2D eigenvalue weighted by molar-refractivity contribution is 5.90. The van der Waals surface area contributed by atoms with Gasteiger partial charge in [-0.05, 0) is 6.92 Å². The van der Waals surface area contributed by atoms with Crippen LogP contribution in [0.1, 0.15) is 6.92 Å². The molecule has 14 heavy (non-hydrogen) atoms. The normalized spacial score (nSPS) is 10.9. The lowest BCUT2D eigenvalue weighted by molar-refractivity contribution is 1.04. The van der Waals surface area contributed by atoms with Gasteiger partial charge in [0.25, 0.3) is 0 Å². The molecule has 70 valence electrons. The first-order valence-corrected chi connectivity index (χ1v) is 4.36. The molecule has 0 fully saturated rings.